The van der Waals surface area contributed by atoms with Gasteiger partial charge in [0.05, 0.1) is 41.1 Å². The molecule has 0 aliphatic heterocycles. The number of fused-ring (bicyclic) bond motifs is 2. The lowest BCUT2D eigenvalue weighted by atomic mass is 10.2. The molecule has 36 heavy (non-hydrogen) atoms. The van der Waals surface area contributed by atoms with Crippen molar-refractivity contribution >= 4 is 49.8 Å². The standard InChI is InChI=1S/C27H21N3O5S/c1-3-34-19-10-8-17(9-11-19)26(32)30(27-29-22-13-12-20(33-2)14-24(22)36-27)28-15-18-16-35-23-7-5-4-6-21(23)25(18)31/h4-16H,3H2,1-2H3/b28-15+. The van der Waals surface area contributed by atoms with Gasteiger partial charge in [0, 0.05) is 5.56 Å². The molecule has 2 aromatic heterocycles. The highest BCUT2D eigenvalue weighted by atomic mass is 32.1. The van der Waals surface area contributed by atoms with Crippen molar-refractivity contribution in [2.24, 2.45) is 5.10 Å². The fourth-order valence-corrected chi connectivity index (χ4v) is 4.53. The molecule has 0 aliphatic carbocycles. The van der Waals surface area contributed by atoms with Crippen molar-refractivity contribution in [2.75, 3.05) is 18.7 Å². The van der Waals surface area contributed by atoms with E-state index in [1.807, 2.05) is 19.1 Å². The summed E-state index contributed by atoms with van der Waals surface area (Å²) < 4.78 is 17.2. The SMILES string of the molecule is CCOc1ccc(C(=O)N(/N=C/c2coc3ccccc3c2=O)c2nc3ccc(OC)cc3s2)cc1. The highest BCUT2D eigenvalue weighted by Crippen LogP contribution is 2.32. The number of anilines is 1. The van der Waals surface area contributed by atoms with Crippen LogP contribution in [0.5, 0.6) is 11.5 Å². The van der Waals surface area contributed by atoms with Gasteiger partial charge in [0.25, 0.3) is 5.91 Å². The quantitative estimate of drug-likeness (QED) is 0.217. The number of hydrogen-bond donors (Lipinski definition) is 0. The molecule has 8 nitrogen and oxygen atoms in total. The molecule has 0 unspecified atom stereocenters. The van der Waals surface area contributed by atoms with Crippen LogP contribution in [0.2, 0.25) is 0 Å². The second-order valence-electron chi connectivity index (χ2n) is 7.67. The monoisotopic (exact) mass is 499 g/mol. The molecule has 0 N–H and O–H groups in total. The summed E-state index contributed by atoms with van der Waals surface area (Å²) in [6.07, 6.45) is 2.65. The molecule has 0 fully saturated rings. The Morgan fingerprint density at radius 3 is 2.67 bits per heavy atom. The molecule has 0 aliphatic rings. The Bertz CT molecular complexity index is 1640. The van der Waals surface area contributed by atoms with Crippen LogP contribution in [0.25, 0.3) is 21.2 Å². The third-order valence-corrected chi connectivity index (χ3v) is 6.38. The predicted octanol–water partition coefficient (Wildman–Crippen LogP) is 5.49. The van der Waals surface area contributed by atoms with Crippen molar-refractivity contribution in [2.45, 2.75) is 6.92 Å². The van der Waals surface area contributed by atoms with Crippen LogP contribution < -0.4 is 19.9 Å². The first-order valence-electron chi connectivity index (χ1n) is 11.1. The molecule has 1 amide bonds. The number of hydrazone groups is 1. The number of carbonyl (C=O) groups excluding carboxylic acids is 1. The number of thiazole rings is 1. The molecule has 0 radical (unpaired) electrons. The number of rotatable bonds is 7. The summed E-state index contributed by atoms with van der Waals surface area (Å²) in [5.74, 6) is 0.926. The first-order chi connectivity index (χ1) is 17.6. The van der Waals surface area contributed by atoms with Gasteiger partial charge in [0.15, 0.2) is 0 Å². The van der Waals surface area contributed by atoms with Crippen LogP contribution in [0.3, 0.4) is 0 Å². The molecular formula is C27H21N3O5S. The maximum absolute atomic E-state index is 13.5. The summed E-state index contributed by atoms with van der Waals surface area (Å²) >= 11 is 1.29. The van der Waals surface area contributed by atoms with Gasteiger partial charge in [-0.25, -0.2) is 4.98 Å². The third kappa shape index (κ3) is 4.56. The zero-order chi connectivity index (χ0) is 25.1. The molecule has 0 spiro atoms. The number of amides is 1. The van der Waals surface area contributed by atoms with Crippen molar-refractivity contribution < 1.29 is 18.7 Å². The molecule has 0 saturated heterocycles. The Labute approximate surface area is 210 Å². The molecule has 3 aromatic carbocycles. The van der Waals surface area contributed by atoms with E-state index in [0.717, 1.165) is 4.70 Å². The number of hydrogen-bond acceptors (Lipinski definition) is 8. The number of aromatic nitrogens is 1. The van der Waals surface area contributed by atoms with E-state index in [1.54, 1.807) is 61.7 Å². The highest BCUT2D eigenvalue weighted by Gasteiger charge is 2.22. The van der Waals surface area contributed by atoms with Crippen molar-refractivity contribution in [3.63, 3.8) is 0 Å². The van der Waals surface area contributed by atoms with E-state index in [1.165, 1.54) is 28.8 Å². The number of methoxy groups -OCH3 is 1. The topological polar surface area (TPSA) is 94.2 Å². The van der Waals surface area contributed by atoms with E-state index >= 15 is 0 Å². The number of carbonyl (C=O) groups is 1. The second-order valence-corrected chi connectivity index (χ2v) is 8.67. The predicted molar refractivity (Wildman–Crippen MR) is 141 cm³/mol. The molecule has 180 valence electrons. The first-order valence-corrected chi connectivity index (χ1v) is 12.0. The van der Waals surface area contributed by atoms with Gasteiger partial charge in [-0.05, 0) is 61.5 Å². The van der Waals surface area contributed by atoms with Crippen molar-refractivity contribution in [3.8, 4) is 11.5 Å². The minimum Gasteiger partial charge on any atom is -0.497 e. The van der Waals surface area contributed by atoms with Crippen LogP contribution in [0.15, 0.2) is 87.3 Å². The average Bonchev–Trinajstić information content (AvgIpc) is 3.33. The van der Waals surface area contributed by atoms with Crippen LogP contribution in [0.4, 0.5) is 5.13 Å². The van der Waals surface area contributed by atoms with E-state index in [2.05, 4.69) is 10.1 Å². The molecule has 0 saturated carbocycles. The molecule has 0 atom stereocenters. The maximum Gasteiger partial charge on any atom is 0.280 e. The number of nitrogens with zero attached hydrogens (tertiary/aromatic N) is 3. The van der Waals surface area contributed by atoms with Crippen molar-refractivity contribution in [1.29, 1.82) is 0 Å². The second kappa shape index (κ2) is 10.0. The van der Waals surface area contributed by atoms with E-state index < -0.39 is 5.91 Å². The van der Waals surface area contributed by atoms with Gasteiger partial charge < -0.3 is 13.9 Å². The minimum absolute atomic E-state index is 0.209. The largest absolute Gasteiger partial charge is 0.497 e. The molecule has 9 heteroatoms. The summed E-state index contributed by atoms with van der Waals surface area (Å²) in [6.45, 7) is 2.41. The zero-order valence-electron chi connectivity index (χ0n) is 19.5. The van der Waals surface area contributed by atoms with Gasteiger partial charge >= 0.3 is 0 Å². The number of ether oxygens (including phenoxy) is 2. The van der Waals surface area contributed by atoms with Gasteiger partial charge in [0.1, 0.15) is 23.3 Å². The highest BCUT2D eigenvalue weighted by molar-refractivity contribution is 7.22. The smallest absolute Gasteiger partial charge is 0.280 e. The van der Waals surface area contributed by atoms with Crippen LogP contribution >= 0.6 is 11.3 Å². The Morgan fingerprint density at radius 2 is 1.89 bits per heavy atom. The van der Waals surface area contributed by atoms with E-state index in [4.69, 9.17) is 13.9 Å². The fraction of sp³-hybridized carbons (Fsp3) is 0.111. The molecule has 2 heterocycles. The first kappa shape index (κ1) is 23.3. The molecule has 5 aromatic rings. The van der Waals surface area contributed by atoms with Gasteiger partial charge in [-0.2, -0.15) is 10.1 Å². The van der Waals surface area contributed by atoms with Gasteiger partial charge in [-0.1, -0.05) is 23.5 Å². The lowest BCUT2D eigenvalue weighted by Crippen LogP contribution is -2.26. The van der Waals surface area contributed by atoms with Crippen LogP contribution in [0, 0.1) is 0 Å². The lowest BCUT2D eigenvalue weighted by molar-refractivity contribution is 0.0988. The summed E-state index contributed by atoms with van der Waals surface area (Å²) in [5.41, 5.74) is 1.52. The Balaban J connectivity index is 1.57. The van der Waals surface area contributed by atoms with Crippen LogP contribution in [0.1, 0.15) is 22.8 Å². The van der Waals surface area contributed by atoms with Gasteiger partial charge in [0.2, 0.25) is 10.6 Å². The maximum atomic E-state index is 13.5. The van der Waals surface area contributed by atoms with Gasteiger partial charge in [-0.3, -0.25) is 9.59 Å². The van der Waals surface area contributed by atoms with E-state index in [9.17, 15) is 9.59 Å². The lowest BCUT2D eigenvalue weighted by Gasteiger charge is -2.14. The van der Waals surface area contributed by atoms with Crippen LogP contribution in [-0.4, -0.2) is 30.8 Å². The number of para-hydroxylation sites is 1. The van der Waals surface area contributed by atoms with E-state index in [0.29, 0.717) is 45.3 Å². The van der Waals surface area contributed by atoms with E-state index in [-0.39, 0.29) is 11.0 Å². The van der Waals surface area contributed by atoms with Crippen molar-refractivity contribution in [3.05, 3.63) is 94.3 Å². The Kier molecular flexibility index (Phi) is 6.46. The Hall–Kier alpha value is -4.50. The molecule has 5 rings (SSSR count). The minimum atomic E-state index is -0.412. The Morgan fingerprint density at radius 1 is 1.11 bits per heavy atom. The number of benzene rings is 3. The normalized spacial score (nSPS) is 11.3. The average molecular weight is 500 g/mol. The fourth-order valence-electron chi connectivity index (χ4n) is 3.58. The van der Waals surface area contributed by atoms with Crippen molar-refractivity contribution in [1.82, 2.24) is 4.98 Å². The molecule has 0 bridgehead atoms. The third-order valence-electron chi connectivity index (χ3n) is 5.39. The van der Waals surface area contributed by atoms with Crippen LogP contribution in [-0.2, 0) is 0 Å². The zero-order valence-corrected chi connectivity index (χ0v) is 20.3. The van der Waals surface area contributed by atoms with Gasteiger partial charge in [-0.15, -0.1) is 0 Å². The summed E-state index contributed by atoms with van der Waals surface area (Å²) in [7, 11) is 1.59. The summed E-state index contributed by atoms with van der Waals surface area (Å²) in [5, 5.41) is 6.35. The molecular weight excluding hydrogens is 478 g/mol. The summed E-state index contributed by atoms with van der Waals surface area (Å²) in [6, 6.07) is 19.2. The summed E-state index contributed by atoms with van der Waals surface area (Å²) in [4.78, 5) is 31.1.